The Morgan fingerprint density at radius 3 is 2.42 bits per heavy atom. The van der Waals surface area contributed by atoms with E-state index in [0.29, 0.717) is 31.8 Å². The normalized spacial score (nSPS) is 22.7. The highest BCUT2D eigenvalue weighted by molar-refractivity contribution is 7.93. The minimum atomic E-state index is -5.66. The zero-order valence-electron chi connectivity index (χ0n) is 28.0. The van der Waals surface area contributed by atoms with Crippen molar-refractivity contribution in [3.8, 4) is 16.9 Å². The second kappa shape index (κ2) is 14.2. The van der Waals surface area contributed by atoms with Gasteiger partial charge < -0.3 is 9.64 Å². The maximum Gasteiger partial charge on any atom is 0.516 e. The Balaban J connectivity index is 1.31. The Labute approximate surface area is 289 Å². The standard InChI is InChI=1S/C36H41F4N5O4S/c1-24(2)49-32-13-6-8-25(18-32)23-44-16-14-35(15-17-44)33(41-29-10-4-3-5-11-29)42-34(46)45(35)31-21-27(19-28(37)22-31)26-9-7-12-30(20-26)43-50(47,48)36(38,39)40/h6-9,12-13,18-22,24,29,43H,3-5,10-11,14-17,23H2,1-2H3,(H,41,42,46)/p+1. The number of carbonyl (C=O) groups is 1. The van der Waals surface area contributed by atoms with Gasteiger partial charge in [-0.05, 0) is 80.3 Å². The number of likely N-dealkylation sites (tertiary alicyclic amines) is 1. The first kappa shape index (κ1) is 35.6. The Bertz CT molecular complexity index is 1850. The first-order valence-corrected chi connectivity index (χ1v) is 18.5. The van der Waals surface area contributed by atoms with E-state index in [1.165, 1.54) is 46.0 Å². The number of ether oxygens (including phenoxy) is 1. The molecule has 2 aliphatic heterocycles. The molecule has 0 bridgehead atoms. The number of amides is 2. The molecule has 0 aromatic heterocycles. The van der Waals surface area contributed by atoms with E-state index in [1.54, 1.807) is 11.0 Å². The van der Waals surface area contributed by atoms with Gasteiger partial charge in [0.2, 0.25) is 0 Å². The zero-order chi connectivity index (χ0) is 35.7. The van der Waals surface area contributed by atoms with Gasteiger partial charge in [-0.3, -0.25) is 19.9 Å². The van der Waals surface area contributed by atoms with Crippen LogP contribution in [0, 0.1) is 5.82 Å². The van der Waals surface area contributed by atoms with Crippen LogP contribution in [-0.2, 0) is 16.6 Å². The van der Waals surface area contributed by atoms with Crippen LogP contribution in [0.2, 0.25) is 0 Å². The highest BCUT2D eigenvalue weighted by atomic mass is 32.2. The van der Waals surface area contributed by atoms with Gasteiger partial charge in [-0.25, -0.2) is 9.18 Å². The quantitative estimate of drug-likeness (QED) is 0.223. The molecule has 3 N–H and O–H groups in total. The lowest BCUT2D eigenvalue weighted by molar-refractivity contribution is -0.919. The number of aliphatic imine (C=N–C) groups is 1. The third-order valence-corrected chi connectivity index (χ3v) is 10.7. The highest BCUT2D eigenvalue weighted by Crippen LogP contribution is 2.39. The van der Waals surface area contributed by atoms with Crippen molar-refractivity contribution in [3.05, 3.63) is 78.1 Å². The number of halogens is 4. The first-order chi connectivity index (χ1) is 23.7. The number of nitrogens with one attached hydrogen (secondary N) is 3. The van der Waals surface area contributed by atoms with E-state index in [2.05, 4.69) is 17.4 Å². The van der Waals surface area contributed by atoms with Crippen LogP contribution in [0.1, 0.15) is 64.4 Å². The van der Waals surface area contributed by atoms with E-state index in [-0.39, 0.29) is 34.6 Å². The fourth-order valence-corrected chi connectivity index (χ4v) is 7.83. The van der Waals surface area contributed by atoms with Crippen LogP contribution in [0.5, 0.6) is 5.75 Å². The van der Waals surface area contributed by atoms with E-state index >= 15 is 4.39 Å². The average molecular weight is 717 g/mol. The number of rotatable bonds is 9. The smallest absolute Gasteiger partial charge is 0.491 e. The number of anilines is 2. The van der Waals surface area contributed by atoms with Crippen LogP contribution in [0.4, 0.5) is 33.7 Å². The summed E-state index contributed by atoms with van der Waals surface area (Å²) in [6.45, 7) is 6.17. The molecule has 0 atom stereocenters. The van der Waals surface area contributed by atoms with Gasteiger partial charge in [-0.2, -0.15) is 21.6 Å². The number of sulfonamides is 1. The number of benzene rings is 3. The molecule has 3 aliphatic rings. The summed E-state index contributed by atoms with van der Waals surface area (Å²) >= 11 is 0. The molecule has 1 spiro atoms. The van der Waals surface area contributed by atoms with Crippen molar-refractivity contribution in [1.29, 1.82) is 0 Å². The molecule has 1 aliphatic carbocycles. The van der Waals surface area contributed by atoms with E-state index in [4.69, 9.17) is 9.73 Å². The van der Waals surface area contributed by atoms with Gasteiger partial charge in [0.25, 0.3) is 0 Å². The highest BCUT2D eigenvalue weighted by Gasteiger charge is 2.54. The Kier molecular flexibility index (Phi) is 10.1. The zero-order valence-corrected chi connectivity index (χ0v) is 28.8. The van der Waals surface area contributed by atoms with Crippen LogP contribution in [0.3, 0.4) is 0 Å². The minimum absolute atomic E-state index is 0.0576. The summed E-state index contributed by atoms with van der Waals surface area (Å²) in [7, 11) is -5.66. The number of alkyl halides is 3. The maximum absolute atomic E-state index is 15.4. The number of piperidine rings is 1. The molecule has 14 heteroatoms. The van der Waals surface area contributed by atoms with Gasteiger partial charge in [0.1, 0.15) is 29.5 Å². The summed E-state index contributed by atoms with van der Waals surface area (Å²) in [5.41, 5.74) is -4.75. The van der Waals surface area contributed by atoms with Crippen LogP contribution >= 0.6 is 0 Å². The van der Waals surface area contributed by atoms with Crippen LogP contribution in [-0.4, -0.2) is 56.6 Å². The molecule has 268 valence electrons. The van der Waals surface area contributed by atoms with Crippen molar-refractivity contribution in [3.63, 3.8) is 0 Å². The fraction of sp³-hybridized carbons (Fsp3) is 0.444. The van der Waals surface area contributed by atoms with Gasteiger partial charge >= 0.3 is 21.6 Å². The van der Waals surface area contributed by atoms with E-state index in [1.807, 2.05) is 26.0 Å². The molecular weight excluding hydrogens is 674 g/mol. The molecule has 2 saturated heterocycles. The molecule has 6 rings (SSSR count). The second-order valence-electron chi connectivity index (χ2n) is 13.6. The molecule has 0 radical (unpaired) electrons. The topological polar surface area (TPSA) is 105 Å². The van der Waals surface area contributed by atoms with Gasteiger partial charge in [-0.15, -0.1) is 0 Å². The monoisotopic (exact) mass is 716 g/mol. The number of carbonyl (C=O) groups excluding carboxylic acids is 1. The van der Waals surface area contributed by atoms with Gasteiger partial charge in [-0.1, -0.05) is 43.5 Å². The third kappa shape index (κ3) is 7.75. The lowest BCUT2D eigenvalue weighted by atomic mass is 9.84. The molecule has 1 saturated carbocycles. The van der Waals surface area contributed by atoms with Crippen molar-refractivity contribution in [2.45, 2.75) is 88.5 Å². The molecule has 3 aromatic rings. The number of hydrogen-bond donors (Lipinski definition) is 3. The predicted octanol–water partition coefficient (Wildman–Crippen LogP) is 6.42. The molecular formula is C36H42F4N5O4S+. The molecule has 50 heavy (non-hydrogen) atoms. The number of urea groups is 1. The first-order valence-electron chi connectivity index (χ1n) is 17.0. The molecule has 0 unspecified atom stereocenters. The van der Waals surface area contributed by atoms with Crippen molar-refractivity contribution in [2.75, 3.05) is 22.7 Å². The lowest BCUT2D eigenvalue weighted by Crippen LogP contribution is -3.12. The van der Waals surface area contributed by atoms with Gasteiger partial charge in [0.05, 0.1) is 30.9 Å². The number of hydrogen-bond acceptors (Lipinski definition) is 5. The maximum atomic E-state index is 15.4. The fourth-order valence-electron chi connectivity index (χ4n) is 7.27. The summed E-state index contributed by atoms with van der Waals surface area (Å²) in [4.78, 5) is 21.9. The van der Waals surface area contributed by atoms with E-state index < -0.39 is 32.9 Å². The van der Waals surface area contributed by atoms with Crippen molar-refractivity contribution in [1.82, 2.24) is 5.32 Å². The Morgan fingerprint density at radius 2 is 1.72 bits per heavy atom. The summed E-state index contributed by atoms with van der Waals surface area (Å²) in [5.74, 6) is 0.746. The Hall–Kier alpha value is -4.17. The predicted molar refractivity (Wildman–Crippen MR) is 184 cm³/mol. The van der Waals surface area contributed by atoms with E-state index in [9.17, 15) is 26.4 Å². The summed E-state index contributed by atoms with van der Waals surface area (Å²) < 4.78 is 85.4. The molecule has 3 fully saturated rings. The molecule has 2 heterocycles. The van der Waals surface area contributed by atoms with Crippen LogP contribution in [0.25, 0.3) is 11.1 Å². The van der Waals surface area contributed by atoms with Crippen molar-refractivity contribution in [2.24, 2.45) is 4.99 Å². The average Bonchev–Trinajstić information content (AvgIpc) is 3.31. The largest absolute Gasteiger partial charge is 0.516 e. The van der Waals surface area contributed by atoms with Gasteiger partial charge in [0, 0.05) is 24.1 Å². The third-order valence-electron chi connectivity index (χ3n) is 9.59. The number of nitrogens with zero attached hydrogens (tertiary/aromatic N) is 2. The van der Waals surface area contributed by atoms with E-state index in [0.717, 1.165) is 50.0 Å². The van der Waals surface area contributed by atoms with Crippen LogP contribution in [0.15, 0.2) is 71.7 Å². The molecule has 2 amide bonds. The molecule has 3 aromatic carbocycles. The number of quaternary nitrogens is 1. The van der Waals surface area contributed by atoms with Crippen molar-refractivity contribution >= 4 is 33.3 Å². The summed E-state index contributed by atoms with van der Waals surface area (Å²) in [6.07, 6.45) is 6.33. The Morgan fingerprint density at radius 1 is 1.00 bits per heavy atom. The number of amidine groups is 1. The lowest BCUT2D eigenvalue weighted by Gasteiger charge is -2.42. The van der Waals surface area contributed by atoms with Crippen molar-refractivity contribution < 1.29 is 40.4 Å². The van der Waals surface area contributed by atoms with Gasteiger partial charge in [0.15, 0.2) is 0 Å². The second-order valence-corrected chi connectivity index (χ2v) is 15.3. The molecule has 9 nitrogen and oxygen atoms in total. The minimum Gasteiger partial charge on any atom is -0.491 e. The summed E-state index contributed by atoms with van der Waals surface area (Å²) in [5, 5.41) is 3.03. The summed E-state index contributed by atoms with van der Waals surface area (Å²) in [6, 6.07) is 17.0. The van der Waals surface area contributed by atoms with Crippen LogP contribution < -0.4 is 24.6 Å². The SMILES string of the molecule is CC(C)Oc1cccc(C[NH+]2CCC3(CC2)C(=NC2CCCCC2)NC(=O)N3c2cc(F)cc(-c3cccc(NS(=O)(=O)C(F)(F)F)c3)c2)c1.